The number of anilines is 2. The molecule has 3 aromatic rings. The Morgan fingerprint density at radius 2 is 1.81 bits per heavy atom. The zero-order valence-corrected chi connectivity index (χ0v) is 21.3. The highest BCUT2D eigenvalue weighted by molar-refractivity contribution is 6.01. The summed E-state index contributed by atoms with van der Waals surface area (Å²) in [5.41, 5.74) is 11.4. The van der Waals surface area contributed by atoms with Crippen molar-refractivity contribution in [2.75, 3.05) is 24.3 Å². The monoisotopic (exact) mass is 491 g/mol. The van der Waals surface area contributed by atoms with Gasteiger partial charge in [0.2, 0.25) is 0 Å². The van der Waals surface area contributed by atoms with Gasteiger partial charge in [-0.15, -0.1) is 0 Å². The molecule has 192 valence electrons. The minimum Gasteiger partial charge on any atom is -0.490 e. The summed E-state index contributed by atoms with van der Waals surface area (Å²) >= 11 is 0. The molecule has 2 heterocycles. The molecule has 2 aliphatic rings. The van der Waals surface area contributed by atoms with Crippen molar-refractivity contribution in [1.82, 2.24) is 4.57 Å². The van der Waals surface area contributed by atoms with E-state index in [0.29, 0.717) is 11.7 Å². The van der Waals surface area contributed by atoms with Gasteiger partial charge in [-0.25, -0.2) is 4.79 Å². The van der Waals surface area contributed by atoms with Crippen LogP contribution in [0.1, 0.15) is 64.8 Å². The number of carbonyl (C=O) groups is 1. The Hall–Kier alpha value is -3.19. The molecule has 0 radical (unpaired) electrons. The lowest BCUT2D eigenvalue weighted by Gasteiger charge is -2.30. The lowest BCUT2D eigenvalue weighted by Crippen LogP contribution is -2.25. The number of nitrogens with zero attached hydrogens (tertiary/aromatic N) is 1. The Morgan fingerprint density at radius 1 is 1.08 bits per heavy atom. The van der Waals surface area contributed by atoms with E-state index in [1.165, 1.54) is 6.42 Å². The van der Waals surface area contributed by atoms with Gasteiger partial charge >= 0.3 is 6.09 Å². The van der Waals surface area contributed by atoms with Gasteiger partial charge in [0.15, 0.2) is 0 Å². The Morgan fingerprint density at radius 3 is 2.44 bits per heavy atom. The topological polar surface area (TPSA) is 87.7 Å². The van der Waals surface area contributed by atoms with Gasteiger partial charge in [0, 0.05) is 41.6 Å². The second kappa shape index (κ2) is 10.8. The van der Waals surface area contributed by atoms with Crippen molar-refractivity contribution in [3.8, 4) is 17.0 Å². The number of aromatic nitrogens is 1. The number of nitrogens with two attached hydrogens (primary N) is 1. The molecule has 1 saturated heterocycles. The Kier molecular flexibility index (Phi) is 7.37. The van der Waals surface area contributed by atoms with E-state index in [9.17, 15) is 4.79 Å². The van der Waals surface area contributed by atoms with Crippen LogP contribution in [0.25, 0.3) is 22.2 Å². The molecule has 1 aliphatic heterocycles. The molecule has 0 spiro atoms. The van der Waals surface area contributed by atoms with Crippen LogP contribution in [0.2, 0.25) is 0 Å². The third kappa shape index (κ3) is 5.03. The molecule has 0 bridgehead atoms. The van der Waals surface area contributed by atoms with E-state index in [1.807, 2.05) is 44.2 Å². The van der Waals surface area contributed by atoms with Crippen LogP contribution in [0.15, 0.2) is 42.5 Å². The minimum absolute atomic E-state index is 0.0671. The van der Waals surface area contributed by atoms with Crippen LogP contribution in [-0.2, 0) is 9.47 Å². The number of ether oxygens (including phenoxy) is 3. The van der Waals surface area contributed by atoms with E-state index in [-0.39, 0.29) is 12.2 Å². The minimum atomic E-state index is -0.420. The van der Waals surface area contributed by atoms with Crippen LogP contribution >= 0.6 is 0 Å². The maximum absolute atomic E-state index is 12.3. The van der Waals surface area contributed by atoms with Gasteiger partial charge < -0.3 is 24.5 Å². The third-order valence-electron chi connectivity index (χ3n) is 7.51. The largest absolute Gasteiger partial charge is 0.490 e. The fourth-order valence-corrected chi connectivity index (χ4v) is 5.16. The number of rotatable bonds is 8. The highest BCUT2D eigenvalue weighted by Crippen LogP contribution is 2.45. The lowest BCUT2D eigenvalue weighted by molar-refractivity contribution is 0.0256. The maximum Gasteiger partial charge on any atom is 0.411 e. The number of hydrogen-bond acceptors (Lipinski definition) is 5. The molecule has 0 atom stereocenters. The summed E-state index contributed by atoms with van der Waals surface area (Å²) in [6, 6.07) is 14.5. The van der Waals surface area contributed by atoms with Crippen LogP contribution in [0.3, 0.4) is 0 Å². The average molecular weight is 492 g/mol. The molecule has 1 amide bonds. The van der Waals surface area contributed by atoms with Gasteiger partial charge in [-0.3, -0.25) is 5.32 Å². The normalized spacial score (nSPS) is 16.8. The van der Waals surface area contributed by atoms with Crippen LogP contribution in [-0.4, -0.2) is 36.1 Å². The van der Waals surface area contributed by atoms with Crippen molar-refractivity contribution in [3.63, 3.8) is 0 Å². The van der Waals surface area contributed by atoms with Gasteiger partial charge in [-0.1, -0.05) is 26.0 Å². The van der Waals surface area contributed by atoms with Crippen LogP contribution in [0.4, 0.5) is 16.2 Å². The number of nitrogens with one attached hydrogen (secondary N) is 1. The molecule has 7 nitrogen and oxygen atoms in total. The summed E-state index contributed by atoms with van der Waals surface area (Å²) in [4.78, 5) is 12.3. The van der Waals surface area contributed by atoms with E-state index in [4.69, 9.17) is 19.9 Å². The van der Waals surface area contributed by atoms with Gasteiger partial charge in [-0.05, 0) is 56.4 Å². The zero-order chi connectivity index (χ0) is 25.1. The molecule has 5 rings (SSSR count). The summed E-state index contributed by atoms with van der Waals surface area (Å²) in [7, 11) is 0. The van der Waals surface area contributed by atoms with Crippen LogP contribution in [0.5, 0.6) is 5.75 Å². The molecule has 1 aliphatic carbocycles. The molecular weight excluding hydrogens is 454 g/mol. The molecule has 2 fully saturated rings. The van der Waals surface area contributed by atoms with Crippen molar-refractivity contribution in [2.24, 2.45) is 0 Å². The van der Waals surface area contributed by atoms with Gasteiger partial charge in [0.1, 0.15) is 18.0 Å². The number of fused-ring (bicyclic) bond motifs is 1. The van der Waals surface area contributed by atoms with E-state index in [1.54, 1.807) is 0 Å². The first-order valence-electron chi connectivity index (χ1n) is 13.3. The van der Waals surface area contributed by atoms with Gasteiger partial charge in [-0.2, -0.15) is 0 Å². The Balaban J connectivity index is 1.43. The molecule has 1 saturated carbocycles. The molecule has 7 heteroatoms. The Labute approximate surface area is 212 Å². The van der Waals surface area contributed by atoms with Crippen molar-refractivity contribution in [2.45, 2.75) is 77.0 Å². The summed E-state index contributed by atoms with van der Waals surface area (Å²) in [6.07, 6.45) is 6.65. The van der Waals surface area contributed by atoms with Crippen LogP contribution < -0.4 is 15.8 Å². The standard InChI is InChI=1S/C29H37N3O4/c1-3-22(4-2)36-29(33)31-20-10-8-19(9-11-20)28-27(30)25-13-12-24(35-23-14-16-34-17-15-23)18-26(25)32(28)21-6-5-7-21/h8-13,18,21-23H,3-7,14-17,30H2,1-2H3,(H,31,33). The fourth-order valence-electron chi connectivity index (χ4n) is 5.16. The predicted octanol–water partition coefficient (Wildman–Crippen LogP) is 6.91. The van der Waals surface area contributed by atoms with Crippen molar-refractivity contribution < 1.29 is 19.0 Å². The molecule has 1 aromatic heterocycles. The van der Waals surface area contributed by atoms with Gasteiger partial charge in [0.25, 0.3) is 0 Å². The summed E-state index contributed by atoms with van der Waals surface area (Å²) < 4.78 is 19.7. The van der Waals surface area contributed by atoms with Crippen molar-refractivity contribution in [1.29, 1.82) is 0 Å². The zero-order valence-electron chi connectivity index (χ0n) is 21.3. The third-order valence-corrected chi connectivity index (χ3v) is 7.51. The molecule has 36 heavy (non-hydrogen) atoms. The van der Waals surface area contributed by atoms with E-state index in [2.05, 4.69) is 22.0 Å². The lowest BCUT2D eigenvalue weighted by atomic mass is 9.92. The number of carbonyl (C=O) groups excluding carboxylic acids is 1. The van der Waals surface area contributed by atoms with E-state index < -0.39 is 6.09 Å². The number of amides is 1. The SMILES string of the molecule is CCC(CC)OC(=O)Nc1ccc(-c2c(N)c3ccc(OC4CCOCC4)cc3n2C2CCC2)cc1. The van der Waals surface area contributed by atoms with E-state index in [0.717, 1.165) is 85.3 Å². The van der Waals surface area contributed by atoms with Gasteiger partial charge in [0.05, 0.1) is 30.1 Å². The fraction of sp³-hybridized carbons (Fsp3) is 0.483. The van der Waals surface area contributed by atoms with Crippen molar-refractivity contribution in [3.05, 3.63) is 42.5 Å². The number of benzene rings is 2. The quantitative estimate of drug-likeness (QED) is 0.357. The van der Waals surface area contributed by atoms with Crippen molar-refractivity contribution >= 4 is 28.4 Å². The van der Waals surface area contributed by atoms with E-state index >= 15 is 0 Å². The highest BCUT2D eigenvalue weighted by Gasteiger charge is 2.27. The second-order valence-corrected chi connectivity index (χ2v) is 9.87. The second-order valence-electron chi connectivity index (χ2n) is 9.87. The predicted molar refractivity (Wildman–Crippen MR) is 144 cm³/mol. The first kappa shape index (κ1) is 24.5. The summed E-state index contributed by atoms with van der Waals surface area (Å²) in [5.74, 6) is 0.884. The molecule has 3 N–H and O–H groups in total. The smallest absolute Gasteiger partial charge is 0.411 e. The first-order chi connectivity index (χ1) is 17.6. The number of hydrogen-bond donors (Lipinski definition) is 2. The average Bonchev–Trinajstić information content (AvgIpc) is 3.14. The molecule has 0 unspecified atom stereocenters. The Bertz CT molecular complexity index is 1190. The number of nitrogen functional groups attached to an aromatic ring is 1. The maximum atomic E-state index is 12.3. The highest BCUT2D eigenvalue weighted by atomic mass is 16.6. The first-order valence-corrected chi connectivity index (χ1v) is 13.3. The molecular formula is C29H37N3O4. The summed E-state index contributed by atoms with van der Waals surface area (Å²) in [6.45, 7) is 5.54. The molecule has 2 aromatic carbocycles. The summed E-state index contributed by atoms with van der Waals surface area (Å²) in [5, 5.41) is 3.89. The van der Waals surface area contributed by atoms with Crippen LogP contribution in [0, 0.1) is 0 Å².